The van der Waals surface area contributed by atoms with E-state index in [1.807, 2.05) is 0 Å². The monoisotopic (exact) mass is 450 g/mol. The van der Waals surface area contributed by atoms with Crippen LogP contribution in [-0.2, 0) is 24.0 Å². The largest absolute Gasteiger partial charge is 0.481 e. The third-order valence-electron chi connectivity index (χ3n) is 3.95. The van der Waals surface area contributed by atoms with Crippen molar-refractivity contribution < 1.29 is 39.3 Å². The molecular weight excluding hydrogens is 420 g/mol. The van der Waals surface area contributed by atoms with Crippen molar-refractivity contribution >= 4 is 42.3 Å². The first kappa shape index (κ1) is 27.6. The van der Waals surface area contributed by atoms with E-state index in [0.29, 0.717) is 0 Å². The standard InChI is InChI=1S/C17H30N4O8S/c1-8(2)5-11(15(26)19-10(17(28)29)3-4-13(23)24)20-16(27)12(6-22)21-14(25)9(18)7-30/h8-12,22,30H,3-7,18H2,1-2H3,(H,19,26)(H,20,27)(H,21,25)(H,23,24)(H,28,29). The summed E-state index contributed by atoms with van der Waals surface area (Å²) in [5.74, 6) is -5.12. The SMILES string of the molecule is CC(C)CC(NC(=O)C(CO)NC(=O)C(N)CS)C(=O)NC(CCC(=O)O)C(=O)O. The number of aliphatic hydroxyl groups excluding tert-OH is 1. The quantitative estimate of drug-likeness (QED) is 0.133. The Morgan fingerprint density at radius 1 is 0.900 bits per heavy atom. The minimum Gasteiger partial charge on any atom is -0.481 e. The lowest BCUT2D eigenvalue weighted by Gasteiger charge is -2.25. The van der Waals surface area contributed by atoms with E-state index in [4.69, 9.17) is 10.8 Å². The first-order valence-electron chi connectivity index (χ1n) is 9.25. The second kappa shape index (κ2) is 13.8. The van der Waals surface area contributed by atoms with Crippen molar-refractivity contribution in [1.29, 1.82) is 0 Å². The van der Waals surface area contributed by atoms with Gasteiger partial charge in [0.15, 0.2) is 0 Å². The predicted molar refractivity (Wildman–Crippen MR) is 109 cm³/mol. The Morgan fingerprint density at radius 2 is 1.40 bits per heavy atom. The maximum atomic E-state index is 12.5. The van der Waals surface area contributed by atoms with E-state index in [-0.39, 0.29) is 24.5 Å². The molecule has 0 heterocycles. The van der Waals surface area contributed by atoms with Gasteiger partial charge in [0.05, 0.1) is 12.6 Å². The maximum Gasteiger partial charge on any atom is 0.326 e. The van der Waals surface area contributed by atoms with E-state index in [1.165, 1.54) is 0 Å². The third-order valence-corrected chi connectivity index (χ3v) is 4.34. The van der Waals surface area contributed by atoms with Gasteiger partial charge < -0.3 is 37.0 Å². The number of aliphatic hydroxyl groups is 1. The molecule has 172 valence electrons. The minimum atomic E-state index is -1.46. The molecule has 4 atom stereocenters. The van der Waals surface area contributed by atoms with Gasteiger partial charge in [0.2, 0.25) is 17.7 Å². The summed E-state index contributed by atoms with van der Waals surface area (Å²) >= 11 is 3.87. The summed E-state index contributed by atoms with van der Waals surface area (Å²) in [6.45, 7) is 2.77. The van der Waals surface area contributed by atoms with Crippen LogP contribution in [-0.4, -0.2) is 81.5 Å². The van der Waals surface area contributed by atoms with Crippen molar-refractivity contribution in [3.8, 4) is 0 Å². The zero-order chi connectivity index (χ0) is 23.4. The molecule has 0 aliphatic rings. The van der Waals surface area contributed by atoms with E-state index >= 15 is 0 Å². The number of nitrogens with two attached hydrogens (primary N) is 1. The van der Waals surface area contributed by atoms with E-state index < -0.39 is 66.9 Å². The van der Waals surface area contributed by atoms with Crippen molar-refractivity contribution in [3.63, 3.8) is 0 Å². The summed E-state index contributed by atoms with van der Waals surface area (Å²) in [5, 5.41) is 34.1. The Bertz CT molecular complexity index is 631. The number of amides is 3. The number of carbonyl (C=O) groups excluding carboxylic acids is 3. The van der Waals surface area contributed by atoms with E-state index in [0.717, 1.165) is 0 Å². The molecule has 30 heavy (non-hydrogen) atoms. The molecule has 0 radical (unpaired) electrons. The van der Waals surface area contributed by atoms with Crippen LogP contribution in [0, 0.1) is 5.92 Å². The lowest BCUT2D eigenvalue weighted by Crippen LogP contribution is -2.58. The van der Waals surface area contributed by atoms with Crippen LogP contribution < -0.4 is 21.7 Å². The number of carbonyl (C=O) groups is 5. The van der Waals surface area contributed by atoms with E-state index in [9.17, 15) is 34.2 Å². The molecule has 0 fully saturated rings. The summed E-state index contributed by atoms with van der Waals surface area (Å²) in [6.07, 6.45) is -0.677. The van der Waals surface area contributed by atoms with Crippen LogP contribution in [0.25, 0.3) is 0 Å². The molecule has 0 bridgehead atoms. The number of thiol groups is 1. The molecule has 0 aromatic heterocycles. The van der Waals surface area contributed by atoms with Gasteiger partial charge in [0, 0.05) is 12.2 Å². The zero-order valence-corrected chi connectivity index (χ0v) is 17.7. The van der Waals surface area contributed by atoms with Gasteiger partial charge in [0.1, 0.15) is 18.1 Å². The molecule has 0 saturated carbocycles. The first-order valence-corrected chi connectivity index (χ1v) is 9.89. The van der Waals surface area contributed by atoms with Crippen LogP contribution in [0.4, 0.5) is 0 Å². The molecule has 0 aliphatic heterocycles. The smallest absolute Gasteiger partial charge is 0.326 e. The van der Waals surface area contributed by atoms with Crippen LogP contribution in [0.2, 0.25) is 0 Å². The van der Waals surface area contributed by atoms with Gasteiger partial charge >= 0.3 is 11.9 Å². The van der Waals surface area contributed by atoms with Crippen molar-refractivity contribution in [2.24, 2.45) is 11.7 Å². The molecule has 0 aromatic carbocycles. The first-order chi connectivity index (χ1) is 13.9. The lowest BCUT2D eigenvalue weighted by molar-refractivity contribution is -0.143. The van der Waals surface area contributed by atoms with Gasteiger partial charge in [-0.3, -0.25) is 19.2 Å². The predicted octanol–water partition coefficient (Wildman–Crippen LogP) is -2.31. The van der Waals surface area contributed by atoms with Crippen LogP contribution in [0.15, 0.2) is 0 Å². The van der Waals surface area contributed by atoms with Gasteiger partial charge in [-0.05, 0) is 18.8 Å². The number of hydrogen-bond donors (Lipinski definition) is 8. The van der Waals surface area contributed by atoms with Gasteiger partial charge in [-0.1, -0.05) is 13.8 Å². The molecule has 8 N–H and O–H groups in total. The number of hydrogen-bond acceptors (Lipinski definition) is 8. The van der Waals surface area contributed by atoms with Crippen molar-refractivity contribution in [2.45, 2.75) is 57.3 Å². The van der Waals surface area contributed by atoms with Crippen molar-refractivity contribution in [3.05, 3.63) is 0 Å². The molecule has 12 nitrogen and oxygen atoms in total. The van der Waals surface area contributed by atoms with Gasteiger partial charge in [-0.2, -0.15) is 12.6 Å². The van der Waals surface area contributed by atoms with Gasteiger partial charge in [-0.25, -0.2) is 4.79 Å². The lowest BCUT2D eigenvalue weighted by atomic mass is 10.0. The zero-order valence-electron chi connectivity index (χ0n) is 16.8. The Morgan fingerprint density at radius 3 is 1.83 bits per heavy atom. The molecule has 3 amide bonds. The number of rotatable bonds is 14. The Labute approximate surface area is 179 Å². The topological polar surface area (TPSA) is 208 Å². The van der Waals surface area contributed by atoms with Gasteiger partial charge in [0.25, 0.3) is 0 Å². The Kier molecular flexibility index (Phi) is 12.7. The van der Waals surface area contributed by atoms with E-state index in [1.54, 1.807) is 13.8 Å². The second-order valence-electron chi connectivity index (χ2n) is 7.06. The number of nitrogens with one attached hydrogen (secondary N) is 3. The maximum absolute atomic E-state index is 12.5. The van der Waals surface area contributed by atoms with E-state index in [2.05, 4.69) is 28.6 Å². The second-order valence-corrected chi connectivity index (χ2v) is 7.42. The summed E-state index contributed by atoms with van der Waals surface area (Å²) < 4.78 is 0. The fourth-order valence-electron chi connectivity index (χ4n) is 2.33. The highest BCUT2D eigenvalue weighted by molar-refractivity contribution is 7.80. The Balaban J connectivity index is 5.25. The highest BCUT2D eigenvalue weighted by Gasteiger charge is 2.30. The Hall–Kier alpha value is -2.38. The number of carboxylic acids is 2. The molecule has 0 aliphatic carbocycles. The fraction of sp³-hybridized carbons (Fsp3) is 0.706. The van der Waals surface area contributed by atoms with Crippen molar-refractivity contribution in [2.75, 3.05) is 12.4 Å². The van der Waals surface area contributed by atoms with Crippen LogP contribution in [0.1, 0.15) is 33.1 Å². The molecule has 4 unspecified atom stereocenters. The van der Waals surface area contributed by atoms with Crippen LogP contribution in [0.5, 0.6) is 0 Å². The number of carboxylic acid groups (broad SMARTS) is 2. The molecule has 0 spiro atoms. The summed E-state index contributed by atoms with van der Waals surface area (Å²) in [4.78, 5) is 58.8. The average Bonchev–Trinajstić information content (AvgIpc) is 2.66. The highest BCUT2D eigenvalue weighted by Crippen LogP contribution is 2.07. The number of aliphatic carboxylic acids is 2. The molecule has 0 rings (SSSR count). The van der Waals surface area contributed by atoms with Gasteiger partial charge in [-0.15, -0.1) is 0 Å². The average molecular weight is 451 g/mol. The van der Waals surface area contributed by atoms with Crippen LogP contribution >= 0.6 is 12.6 Å². The summed E-state index contributed by atoms with van der Waals surface area (Å²) in [5.41, 5.74) is 5.50. The minimum absolute atomic E-state index is 0.0108. The van der Waals surface area contributed by atoms with Crippen LogP contribution in [0.3, 0.4) is 0 Å². The third kappa shape index (κ3) is 10.4. The molecule has 13 heteroatoms. The molecule has 0 saturated heterocycles. The fourth-order valence-corrected chi connectivity index (χ4v) is 2.49. The van der Waals surface area contributed by atoms with Crippen molar-refractivity contribution in [1.82, 2.24) is 16.0 Å². The molecule has 0 aromatic rings. The normalized spacial score (nSPS) is 14.9. The molecular formula is C17H30N4O8S. The summed E-state index contributed by atoms with van der Waals surface area (Å²) in [7, 11) is 0. The summed E-state index contributed by atoms with van der Waals surface area (Å²) in [6, 6.07) is -5.01. The highest BCUT2D eigenvalue weighted by atomic mass is 32.1.